The number of hydrogen-bond donors (Lipinski definition) is 2. The Labute approximate surface area is 187 Å². The van der Waals surface area contributed by atoms with Gasteiger partial charge in [-0.25, -0.2) is 0 Å². The molecule has 1 atom stereocenters. The number of anilines is 2. The van der Waals surface area contributed by atoms with Crippen LogP contribution in [0.5, 0.6) is 11.5 Å². The summed E-state index contributed by atoms with van der Waals surface area (Å²) < 4.78 is 10.9. The summed E-state index contributed by atoms with van der Waals surface area (Å²) in [4.78, 5) is 39.5. The van der Waals surface area contributed by atoms with Crippen LogP contribution in [0.15, 0.2) is 42.5 Å². The number of hydrogen-bond acceptors (Lipinski definition) is 5. The van der Waals surface area contributed by atoms with Crippen LogP contribution in [0.4, 0.5) is 11.4 Å². The topological polar surface area (TPSA) is 97.0 Å². The molecule has 0 aliphatic carbocycles. The highest BCUT2D eigenvalue weighted by Gasteiger charge is 2.39. The molecule has 2 aromatic rings. The molecule has 170 valence electrons. The van der Waals surface area contributed by atoms with E-state index in [-0.39, 0.29) is 29.7 Å². The third-order valence-corrected chi connectivity index (χ3v) is 5.37. The maximum atomic E-state index is 12.9. The largest absolute Gasteiger partial charge is 0.494 e. The Morgan fingerprint density at radius 1 is 0.969 bits per heavy atom. The third kappa shape index (κ3) is 5.01. The van der Waals surface area contributed by atoms with Crippen molar-refractivity contribution in [3.05, 3.63) is 48.0 Å². The average molecular weight is 440 g/mol. The fourth-order valence-electron chi connectivity index (χ4n) is 3.64. The monoisotopic (exact) mass is 439 g/mol. The Hall–Kier alpha value is -3.55. The Morgan fingerprint density at radius 3 is 2.03 bits per heavy atom. The van der Waals surface area contributed by atoms with Crippen LogP contribution in [-0.2, 0) is 9.59 Å². The van der Waals surface area contributed by atoms with E-state index in [0.717, 1.165) is 0 Å². The van der Waals surface area contributed by atoms with Crippen molar-refractivity contribution in [2.45, 2.75) is 32.7 Å². The number of amides is 3. The molecular weight excluding hydrogens is 410 g/mol. The molecule has 2 aromatic carbocycles. The predicted molar refractivity (Wildman–Crippen MR) is 122 cm³/mol. The van der Waals surface area contributed by atoms with Gasteiger partial charge >= 0.3 is 0 Å². The maximum absolute atomic E-state index is 12.9. The number of benzene rings is 2. The summed E-state index contributed by atoms with van der Waals surface area (Å²) >= 11 is 0. The van der Waals surface area contributed by atoms with Crippen molar-refractivity contribution in [3.63, 3.8) is 0 Å². The van der Waals surface area contributed by atoms with Gasteiger partial charge in [0.05, 0.1) is 31.5 Å². The average Bonchev–Trinajstić information content (AvgIpc) is 3.17. The predicted octanol–water partition coefficient (Wildman–Crippen LogP) is 3.54. The van der Waals surface area contributed by atoms with E-state index in [1.807, 2.05) is 26.8 Å². The van der Waals surface area contributed by atoms with Crippen LogP contribution < -0.4 is 20.1 Å². The Bertz CT molecular complexity index is 1010. The number of rotatable bonds is 6. The first-order valence-electron chi connectivity index (χ1n) is 10.4. The van der Waals surface area contributed by atoms with E-state index in [1.165, 1.54) is 14.2 Å². The van der Waals surface area contributed by atoms with Crippen LogP contribution in [0.25, 0.3) is 0 Å². The first-order chi connectivity index (χ1) is 15.1. The molecule has 32 heavy (non-hydrogen) atoms. The summed E-state index contributed by atoms with van der Waals surface area (Å²) in [5, 5.41) is 5.66. The lowest BCUT2D eigenvalue weighted by Gasteiger charge is -2.32. The van der Waals surface area contributed by atoms with Gasteiger partial charge in [0.1, 0.15) is 11.5 Å². The minimum atomic E-state index is -0.463. The molecule has 8 heteroatoms. The van der Waals surface area contributed by atoms with E-state index in [9.17, 15) is 14.4 Å². The molecule has 1 aliphatic heterocycles. The molecule has 0 bridgehead atoms. The van der Waals surface area contributed by atoms with E-state index in [2.05, 4.69) is 10.6 Å². The molecule has 0 aromatic heterocycles. The van der Waals surface area contributed by atoms with Crippen LogP contribution in [-0.4, -0.2) is 48.9 Å². The molecule has 1 heterocycles. The summed E-state index contributed by atoms with van der Waals surface area (Å²) in [7, 11) is 2.95. The number of likely N-dealkylation sites (tertiary alicyclic amines) is 1. The van der Waals surface area contributed by atoms with Gasteiger partial charge in [0, 0.05) is 36.2 Å². The smallest absolute Gasteiger partial charge is 0.255 e. The first-order valence-corrected chi connectivity index (χ1v) is 10.4. The van der Waals surface area contributed by atoms with Gasteiger partial charge in [0.25, 0.3) is 5.91 Å². The van der Waals surface area contributed by atoms with Crippen molar-refractivity contribution in [1.29, 1.82) is 0 Å². The van der Waals surface area contributed by atoms with Crippen molar-refractivity contribution in [2.24, 2.45) is 5.92 Å². The van der Waals surface area contributed by atoms with Gasteiger partial charge in [0.15, 0.2) is 0 Å². The third-order valence-electron chi connectivity index (χ3n) is 5.37. The molecule has 3 rings (SSSR count). The zero-order valence-electron chi connectivity index (χ0n) is 19.0. The number of carbonyl (C=O) groups excluding carboxylic acids is 3. The lowest BCUT2D eigenvalue weighted by molar-refractivity contribution is -0.131. The quantitative estimate of drug-likeness (QED) is 0.718. The van der Waals surface area contributed by atoms with Gasteiger partial charge < -0.3 is 25.0 Å². The molecule has 1 saturated heterocycles. The zero-order valence-corrected chi connectivity index (χ0v) is 19.0. The van der Waals surface area contributed by atoms with Crippen LogP contribution >= 0.6 is 0 Å². The maximum Gasteiger partial charge on any atom is 0.255 e. The van der Waals surface area contributed by atoms with Gasteiger partial charge in [-0.05, 0) is 32.9 Å². The Morgan fingerprint density at radius 2 is 1.53 bits per heavy atom. The fraction of sp³-hybridized carbons (Fsp3) is 0.375. The number of nitrogens with zero attached hydrogens (tertiary/aromatic N) is 1. The van der Waals surface area contributed by atoms with E-state index >= 15 is 0 Å². The molecular formula is C24H29N3O5. The molecule has 3 amide bonds. The highest BCUT2D eigenvalue weighted by atomic mass is 16.5. The molecule has 0 spiro atoms. The molecule has 8 nitrogen and oxygen atoms in total. The fourth-order valence-corrected chi connectivity index (χ4v) is 3.64. The summed E-state index contributed by atoms with van der Waals surface area (Å²) in [6, 6.07) is 12.0. The van der Waals surface area contributed by atoms with Gasteiger partial charge in [-0.2, -0.15) is 0 Å². The summed E-state index contributed by atoms with van der Waals surface area (Å²) in [5.41, 5.74) is 0.964. The summed E-state index contributed by atoms with van der Waals surface area (Å²) in [6.07, 6.45) is 0.160. The highest BCUT2D eigenvalue weighted by Crippen LogP contribution is 2.37. The minimum Gasteiger partial charge on any atom is -0.494 e. The standard InChI is InChI=1S/C24H29N3O5/c1-24(2,3)27-14-16(11-21(27)28)23(30)26-18-13-19(31-4)17(12-20(18)32-5)25-22(29)15-9-7-6-8-10-15/h6-10,12-13,16H,11,14H2,1-5H3,(H,25,29)(H,26,30)/t16-/m1/s1. The number of nitrogens with one attached hydrogen (secondary N) is 2. The zero-order chi connectivity index (χ0) is 23.5. The second-order valence-electron chi connectivity index (χ2n) is 8.64. The normalized spacial score (nSPS) is 16.0. The van der Waals surface area contributed by atoms with Crippen molar-refractivity contribution in [2.75, 3.05) is 31.4 Å². The number of ether oxygens (including phenoxy) is 2. The summed E-state index contributed by atoms with van der Waals surface area (Å²) in [5.74, 6) is -0.347. The Kier molecular flexibility index (Phi) is 6.72. The van der Waals surface area contributed by atoms with E-state index in [4.69, 9.17) is 9.47 Å². The van der Waals surface area contributed by atoms with Gasteiger partial charge in [-0.3, -0.25) is 14.4 Å². The van der Waals surface area contributed by atoms with E-state index in [0.29, 0.717) is 35.0 Å². The molecule has 0 saturated carbocycles. The number of methoxy groups -OCH3 is 2. The first kappa shape index (κ1) is 23.1. The molecule has 1 aliphatic rings. The second-order valence-corrected chi connectivity index (χ2v) is 8.64. The highest BCUT2D eigenvalue weighted by molar-refractivity contribution is 6.06. The van der Waals surface area contributed by atoms with Gasteiger partial charge in [0.2, 0.25) is 11.8 Å². The Balaban J connectivity index is 1.80. The van der Waals surface area contributed by atoms with Crippen molar-refractivity contribution >= 4 is 29.1 Å². The van der Waals surface area contributed by atoms with Gasteiger partial charge in [-0.1, -0.05) is 18.2 Å². The van der Waals surface area contributed by atoms with Crippen molar-refractivity contribution in [3.8, 4) is 11.5 Å². The lowest BCUT2D eigenvalue weighted by Crippen LogP contribution is -2.42. The van der Waals surface area contributed by atoms with E-state index in [1.54, 1.807) is 41.3 Å². The number of carbonyl (C=O) groups is 3. The molecule has 0 unspecified atom stereocenters. The lowest BCUT2D eigenvalue weighted by atomic mass is 10.1. The van der Waals surface area contributed by atoms with Crippen LogP contribution in [0.1, 0.15) is 37.6 Å². The summed E-state index contributed by atoms with van der Waals surface area (Å²) in [6.45, 7) is 6.20. The second kappa shape index (κ2) is 9.30. The molecule has 2 N–H and O–H groups in total. The van der Waals surface area contributed by atoms with Crippen LogP contribution in [0, 0.1) is 5.92 Å². The van der Waals surface area contributed by atoms with Gasteiger partial charge in [-0.15, -0.1) is 0 Å². The van der Waals surface area contributed by atoms with Crippen molar-refractivity contribution in [1.82, 2.24) is 4.90 Å². The molecule has 1 fully saturated rings. The van der Waals surface area contributed by atoms with Crippen LogP contribution in [0.3, 0.4) is 0 Å². The van der Waals surface area contributed by atoms with Crippen LogP contribution in [0.2, 0.25) is 0 Å². The minimum absolute atomic E-state index is 0.0406. The SMILES string of the molecule is COc1cc(NC(=O)[C@@H]2CC(=O)N(C(C)(C)C)C2)c(OC)cc1NC(=O)c1ccccc1. The van der Waals surface area contributed by atoms with E-state index < -0.39 is 5.92 Å². The molecule has 0 radical (unpaired) electrons. The van der Waals surface area contributed by atoms with Crippen molar-refractivity contribution < 1.29 is 23.9 Å².